The van der Waals surface area contributed by atoms with Crippen LogP contribution in [0.5, 0.6) is 0 Å². The highest BCUT2D eigenvalue weighted by Crippen LogP contribution is 2.39. The summed E-state index contributed by atoms with van der Waals surface area (Å²) in [7, 11) is 1.32. The summed E-state index contributed by atoms with van der Waals surface area (Å²) in [5, 5.41) is 3.43. The van der Waals surface area contributed by atoms with Crippen molar-refractivity contribution in [3.63, 3.8) is 0 Å². The number of hydrogen-bond acceptors (Lipinski definition) is 5. The van der Waals surface area contributed by atoms with Gasteiger partial charge >= 0.3 is 5.97 Å². The van der Waals surface area contributed by atoms with Crippen LogP contribution in [0, 0.1) is 6.92 Å². The second kappa shape index (κ2) is 6.54. The van der Waals surface area contributed by atoms with Crippen LogP contribution >= 0.6 is 11.6 Å². The lowest BCUT2D eigenvalue weighted by Gasteiger charge is -2.12. The van der Waals surface area contributed by atoms with E-state index in [9.17, 15) is 4.79 Å². The van der Waals surface area contributed by atoms with Gasteiger partial charge in [0, 0.05) is 12.5 Å². The Morgan fingerprint density at radius 2 is 2.09 bits per heavy atom. The van der Waals surface area contributed by atoms with Crippen molar-refractivity contribution in [1.82, 2.24) is 9.97 Å². The van der Waals surface area contributed by atoms with E-state index in [0.29, 0.717) is 24.1 Å². The topological polar surface area (TPSA) is 64.1 Å². The minimum absolute atomic E-state index is 0.123. The number of nitrogens with one attached hydrogen (secondary N) is 1. The third kappa shape index (κ3) is 3.45. The van der Waals surface area contributed by atoms with Crippen molar-refractivity contribution in [1.29, 1.82) is 0 Å². The van der Waals surface area contributed by atoms with Gasteiger partial charge in [-0.3, -0.25) is 0 Å². The summed E-state index contributed by atoms with van der Waals surface area (Å²) in [4.78, 5) is 20.7. The summed E-state index contributed by atoms with van der Waals surface area (Å²) in [5.41, 5.74) is 2.45. The molecular formula is C17H18ClN3O2. The van der Waals surface area contributed by atoms with Crippen molar-refractivity contribution >= 4 is 23.4 Å². The maximum atomic E-state index is 11.9. The molecule has 1 aromatic carbocycles. The van der Waals surface area contributed by atoms with Gasteiger partial charge in [-0.25, -0.2) is 14.8 Å². The van der Waals surface area contributed by atoms with Gasteiger partial charge in [-0.1, -0.05) is 35.9 Å². The number of aromatic nitrogens is 2. The molecule has 1 aliphatic rings. The number of rotatable bonds is 5. The second-order valence-electron chi connectivity index (χ2n) is 5.64. The van der Waals surface area contributed by atoms with E-state index in [-0.39, 0.29) is 10.7 Å². The van der Waals surface area contributed by atoms with E-state index >= 15 is 0 Å². The van der Waals surface area contributed by atoms with E-state index in [1.807, 2.05) is 31.2 Å². The smallest absolute Gasteiger partial charge is 0.358 e. The minimum atomic E-state index is -0.543. The molecule has 1 aromatic heterocycles. The summed E-state index contributed by atoms with van der Waals surface area (Å²) in [6, 6.07) is 8.08. The number of carbonyl (C=O) groups is 1. The Kier molecular flexibility index (Phi) is 4.48. The van der Waals surface area contributed by atoms with Crippen molar-refractivity contribution in [3.8, 4) is 0 Å². The molecule has 0 spiro atoms. The quantitative estimate of drug-likeness (QED) is 0.846. The number of aryl methyl sites for hydroxylation is 1. The molecule has 1 saturated carbocycles. The molecule has 0 aliphatic heterocycles. The standard InChI is InChI=1S/C17H18ClN3O2/c1-10-5-3-4-6-12(10)9-19-16-13(18)14(17(22)23-2)20-15(21-16)11-7-8-11/h3-6,11H,7-9H2,1-2H3,(H,19,20,21). The number of benzene rings is 1. The molecule has 5 nitrogen and oxygen atoms in total. The largest absolute Gasteiger partial charge is 0.464 e. The third-order valence-electron chi connectivity index (χ3n) is 3.90. The zero-order valence-corrected chi connectivity index (χ0v) is 13.9. The molecule has 1 aliphatic carbocycles. The Hall–Kier alpha value is -2.14. The van der Waals surface area contributed by atoms with Crippen LogP contribution in [0.2, 0.25) is 5.02 Å². The van der Waals surface area contributed by atoms with Crippen molar-refractivity contribution in [2.24, 2.45) is 0 Å². The van der Waals surface area contributed by atoms with E-state index in [2.05, 4.69) is 15.3 Å². The van der Waals surface area contributed by atoms with Gasteiger partial charge in [-0.2, -0.15) is 0 Å². The summed E-state index contributed by atoms with van der Waals surface area (Å²) in [6.45, 7) is 2.63. The molecule has 0 saturated heterocycles. The lowest BCUT2D eigenvalue weighted by atomic mass is 10.1. The summed E-state index contributed by atoms with van der Waals surface area (Å²) in [5.74, 6) is 0.905. The first-order chi connectivity index (χ1) is 11.1. The third-order valence-corrected chi connectivity index (χ3v) is 4.26. The van der Waals surface area contributed by atoms with Gasteiger partial charge in [0.1, 0.15) is 16.7 Å². The number of anilines is 1. The molecule has 3 rings (SSSR count). The zero-order chi connectivity index (χ0) is 16.4. The number of carbonyl (C=O) groups excluding carboxylic acids is 1. The van der Waals surface area contributed by atoms with E-state index in [0.717, 1.165) is 18.4 Å². The molecule has 0 radical (unpaired) electrons. The summed E-state index contributed by atoms with van der Waals surface area (Å²) >= 11 is 6.30. The Bertz CT molecular complexity index is 745. The monoisotopic (exact) mass is 331 g/mol. The normalized spacial score (nSPS) is 13.7. The van der Waals surface area contributed by atoms with Crippen LogP contribution in [0.4, 0.5) is 5.82 Å². The summed E-state index contributed by atoms with van der Waals surface area (Å²) in [6.07, 6.45) is 2.08. The van der Waals surface area contributed by atoms with Gasteiger partial charge in [0.15, 0.2) is 5.69 Å². The fourth-order valence-electron chi connectivity index (χ4n) is 2.32. The molecule has 1 N–H and O–H groups in total. The van der Waals surface area contributed by atoms with E-state index in [1.54, 1.807) is 0 Å². The van der Waals surface area contributed by atoms with Crippen LogP contribution in [-0.4, -0.2) is 23.0 Å². The highest BCUT2D eigenvalue weighted by Gasteiger charge is 2.30. The average molecular weight is 332 g/mol. The maximum Gasteiger partial charge on any atom is 0.358 e. The highest BCUT2D eigenvalue weighted by atomic mass is 35.5. The van der Waals surface area contributed by atoms with Gasteiger partial charge in [0.2, 0.25) is 0 Å². The lowest BCUT2D eigenvalue weighted by Crippen LogP contribution is -2.12. The molecular weight excluding hydrogens is 314 g/mol. The Morgan fingerprint density at radius 3 is 2.74 bits per heavy atom. The van der Waals surface area contributed by atoms with E-state index < -0.39 is 5.97 Å². The van der Waals surface area contributed by atoms with Crippen LogP contribution in [-0.2, 0) is 11.3 Å². The molecule has 0 atom stereocenters. The van der Waals surface area contributed by atoms with Crippen molar-refractivity contribution in [2.75, 3.05) is 12.4 Å². The Labute approximate surface area is 140 Å². The molecule has 1 fully saturated rings. The molecule has 120 valence electrons. The fraction of sp³-hybridized carbons (Fsp3) is 0.353. The first-order valence-corrected chi connectivity index (χ1v) is 7.92. The van der Waals surface area contributed by atoms with Gasteiger partial charge < -0.3 is 10.1 Å². The molecule has 6 heteroatoms. The maximum absolute atomic E-state index is 11.9. The fourth-order valence-corrected chi connectivity index (χ4v) is 2.55. The molecule has 2 aromatic rings. The van der Waals surface area contributed by atoms with Gasteiger partial charge in [0.25, 0.3) is 0 Å². The SMILES string of the molecule is COC(=O)c1nc(C2CC2)nc(NCc2ccccc2C)c1Cl. The first-order valence-electron chi connectivity index (χ1n) is 7.54. The molecule has 0 amide bonds. The van der Waals surface area contributed by atoms with Crippen molar-refractivity contribution < 1.29 is 9.53 Å². The Morgan fingerprint density at radius 1 is 1.35 bits per heavy atom. The molecule has 23 heavy (non-hydrogen) atoms. The van der Waals surface area contributed by atoms with Gasteiger partial charge in [-0.05, 0) is 30.9 Å². The number of methoxy groups -OCH3 is 1. The minimum Gasteiger partial charge on any atom is -0.464 e. The van der Waals surface area contributed by atoms with Crippen LogP contribution < -0.4 is 5.32 Å². The van der Waals surface area contributed by atoms with Crippen LogP contribution in [0.25, 0.3) is 0 Å². The second-order valence-corrected chi connectivity index (χ2v) is 6.02. The highest BCUT2D eigenvalue weighted by molar-refractivity contribution is 6.35. The zero-order valence-electron chi connectivity index (χ0n) is 13.1. The lowest BCUT2D eigenvalue weighted by molar-refractivity contribution is 0.0593. The van der Waals surface area contributed by atoms with Crippen molar-refractivity contribution in [2.45, 2.75) is 32.2 Å². The van der Waals surface area contributed by atoms with Crippen LogP contribution in [0.15, 0.2) is 24.3 Å². The Balaban J connectivity index is 1.89. The van der Waals surface area contributed by atoms with Crippen LogP contribution in [0.1, 0.15) is 46.2 Å². The number of esters is 1. The van der Waals surface area contributed by atoms with Gasteiger partial charge in [0.05, 0.1) is 7.11 Å². The van der Waals surface area contributed by atoms with E-state index in [1.165, 1.54) is 12.7 Å². The predicted octanol–water partition coefficient (Wildman–Crippen LogP) is 3.71. The molecule has 0 bridgehead atoms. The van der Waals surface area contributed by atoms with E-state index in [4.69, 9.17) is 16.3 Å². The molecule has 0 unspecified atom stereocenters. The molecule has 1 heterocycles. The average Bonchev–Trinajstić information content (AvgIpc) is 3.39. The number of halogens is 1. The first kappa shape index (κ1) is 15.7. The number of hydrogen-bond donors (Lipinski definition) is 1. The predicted molar refractivity (Wildman–Crippen MR) is 88.9 cm³/mol. The van der Waals surface area contributed by atoms with Crippen LogP contribution in [0.3, 0.4) is 0 Å². The van der Waals surface area contributed by atoms with Gasteiger partial charge in [-0.15, -0.1) is 0 Å². The van der Waals surface area contributed by atoms with Crippen molar-refractivity contribution in [3.05, 3.63) is 51.9 Å². The number of ether oxygens (including phenoxy) is 1. The summed E-state index contributed by atoms with van der Waals surface area (Å²) < 4.78 is 4.77. The number of nitrogens with zero attached hydrogens (tertiary/aromatic N) is 2.